The van der Waals surface area contributed by atoms with Crippen LogP contribution >= 0.6 is 0 Å². The first-order chi connectivity index (χ1) is 8.99. The predicted octanol–water partition coefficient (Wildman–Crippen LogP) is 0.728. The van der Waals surface area contributed by atoms with Gasteiger partial charge in [-0.15, -0.1) is 0 Å². The number of hydrogen-bond acceptors (Lipinski definition) is 4. The van der Waals surface area contributed by atoms with Gasteiger partial charge >= 0.3 is 0 Å². The van der Waals surface area contributed by atoms with Gasteiger partial charge in [0, 0.05) is 26.3 Å². The third kappa shape index (κ3) is 3.94. The summed E-state index contributed by atoms with van der Waals surface area (Å²) in [7, 11) is 1.55. The lowest BCUT2D eigenvalue weighted by atomic mass is 10.2. The summed E-state index contributed by atoms with van der Waals surface area (Å²) in [4.78, 5) is 30.6. The van der Waals surface area contributed by atoms with E-state index in [1.165, 1.54) is 23.4 Å². The van der Waals surface area contributed by atoms with E-state index in [1.54, 1.807) is 11.9 Å². The van der Waals surface area contributed by atoms with Gasteiger partial charge in [-0.3, -0.25) is 14.6 Å². The van der Waals surface area contributed by atoms with E-state index in [4.69, 9.17) is 0 Å². The molecule has 1 heterocycles. The van der Waals surface area contributed by atoms with Crippen molar-refractivity contribution in [2.45, 2.75) is 13.8 Å². The van der Waals surface area contributed by atoms with Gasteiger partial charge in [0.2, 0.25) is 5.91 Å². The fraction of sp³-hybridized carbons (Fsp3) is 0.462. The van der Waals surface area contributed by atoms with Crippen molar-refractivity contribution >= 4 is 11.8 Å². The van der Waals surface area contributed by atoms with Crippen LogP contribution in [0.4, 0.5) is 0 Å². The highest BCUT2D eigenvalue weighted by Gasteiger charge is 2.18. The Balaban J connectivity index is 2.70. The molecule has 1 N–H and O–H groups in total. The summed E-state index contributed by atoms with van der Waals surface area (Å²) in [5, 5.41) is 9.28. The number of pyridine rings is 1. The van der Waals surface area contributed by atoms with Crippen LogP contribution in [0.25, 0.3) is 0 Å². The number of carbonyl (C=O) groups is 2. The summed E-state index contributed by atoms with van der Waals surface area (Å²) in [5.41, 5.74) is 0.259. The first-order valence-corrected chi connectivity index (χ1v) is 6.16. The Morgan fingerprint density at radius 1 is 1.26 bits per heavy atom. The molecule has 0 aromatic carbocycles. The number of aromatic nitrogens is 1. The first kappa shape index (κ1) is 14.9. The smallest absolute Gasteiger partial charge is 0.255 e. The maximum Gasteiger partial charge on any atom is 0.255 e. The Bertz CT molecular complexity index is 458. The second-order valence-electron chi connectivity index (χ2n) is 4.16. The van der Waals surface area contributed by atoms with Crippen LogP contribution in [-0.4, -0.2) is 58.4 Å². The third-order valence-corrected chi connectivity index (χ3v) is 2.81. The Kier molecular flexibility index (Phi) is 5.29. The van der Waals surface area contributed by atoms with Gasteiger partial charge in [-0.1, -0.05) is 0 Å². The Hall–Kier alpha value is -2.11. The Labute approximate surface area is 112 Å². The fourth-order valence-electron chi connectivity index (χ4n) is 1.72. The molecule has 0 saturated carbocycles. The van der Waals surface area contributed by atoms with Gasteiger partial charge in [0.1, 0.15) is 5.75 Å². The number of aromatic hydroxyl groups is 1. The van der Waals surface area contributed by atoms with Gasteiger partial charge in [0.05, 0.1) is 18.3 Å². The lowest BCUT2D eigenvalue weighted by molar-refractivity contribution is -0.131. The van der Waals surface area contributed by atoms with Crippen molar-refractivity contribution in [3.8, 4) is 5.75 Å². The molecule has 104 valence electrons. The molecule has 6 heteroatoms. The largest absolute Gasteiger partial charge is 0.506 e. The van der Waals surface area contributed by atoms with Crippen molar-refractivity contribution in [3.05, 3.63) is 24.0 Å². The molecule has 1 aromatic heterocycles. The van der Waals surface area contributed by atoms with Crippen molar-refractivity contribution in [2.75, 3.05) is 26.7 Å². The van der Waals surface area contributed by atoms with Crippen molar-refractivity contribution in [1.82, 2.24) is 14.8 Å². The second kappa shape index (κ2) is 6.72. The van der Waals surface area contributed by atoms with E-state index < -0.39 is 0 Å². The highest BCUT2D eigenvalue weighted by molar-refractivity contribution is 5.96. The topological polar surface area (TPSA) is 73.7 Å². The molecule has 0 aliphatic heterocycles. The van der Waals surface area contributed by atoms with Crippen LogP contribution in [0.1, 0.15) is 24.2 Å². The molecule has 0 spiro atoms. The predicted molar refractivity (Wildman–Crippen MR) is 70.8 cm³/mol. The number of nitrogens with zero attached hydrogens (tertiary/aromatic N) is 3. The second-order valence-corrected chi connectivity index (χ2v) is 4.16. The standard InChI is InChI=1S/C13H19N3O3/c1-4-16(5-2)12(18)9-15(3)13(19)10-6-11(17)8-14-7-10/h6-8,17H,4-5,9H2,1-3H3. The summed E-state index contributed by atoms with van der Waals surface area (Å²) in [6.07, 6.45) is 2.61. The SMILES string of the molecule is CCN(CC)C(=O)CN(C)C(=O)c1cncc(O)c1. The van der Waals surface area contributed by atoms with E-state index in [-0.39, 0.29) is 29.7 Å². The molecule has 0 radical (unpaired) electrons. The maximum atomic E-state index is 12.0. The van der Waals surface area contributed by atoms with Gasteiger partial charge in [0.15, 0.2) is 0 Å². The van der Waals surface area contributed by atoms with Gasteiger partial charge in [0.25, 0.3) is 5.91 Å². The molecule has 0 fully saturated rings. The average molecular weight is 265 g/mol. The van der Waals surface area contributed by atoms with Crippen molar-refractivity contribution in [2.24, 2.45) is 0 Å². The van der Waals surface area contributed by atoms with Crippen LogP contribution in [0.5, 0.6) is 5.75 Å². The summed E-state index contributed by atoms with van der Waals surface area (Å²) >= 11 is 0. The van der Waals surface area contributed by atoms with E-state index in [1.807, 2.05) is 13.8 Å². The minimum absolute atomic E-state index is 0.0101. The summed E-state index contributed by atoms with van der Waals surface area (Å²) in [6.45, 7) is 5.02. The monoisotopic (exact) mass is 265 g/mol. The van der Waals surface area contributed by atoms with Crippen LogP contribution in [-0.2, 0) is 4.79 Å². The number of hydrogen-bond donors (Lipinski definition) is 1. The molecule has 0 bridgehead atoms. The molecular formula is C13H19N3O3. The molecule has 6 nitrogen and oxygen atoms in total. The maximum absolute atomic E-state index is 12.0. The van der Waals surface area contributed by atoms with Crippen molar-refractivity contribution in [3.63, 3.8) is 0 Å². The van der Waals surface area contributed by atoms with Crippen molar-refractivity contribution < 1.29 is 14.7 Å². The Morgan fingerprint density at radius 2 is 1.89 bits per heavy atom. The fourth-order valence-corrected chi connectivity index (χ4v) is 1.72. The van der Waals surface area contributed by atoms with Crippen LogP contribution in [0, 0.1) is 0 Å². The van der Waals surface area contributed by atoms with E-state index in [9.17, 15) is 14.7 Å². The summed E-state index contributed by atoms with van der Waals surface area (Å²) in [6, 6.07) is 1.33. The molecule has 1 rings (SSSR count). The van der Waals surface area contributed by atoms with E-state index in [0.717, 1.165) is 0 Å². The zero-order valence-electron chi connectivity index (χ0n) is 11.5. The first-order valence-electron chi connectivity index (χ1n) is 6.16. The molecule has 19 heavy (non-hydrogen) atoms. The number of rotatable bonds is 5. The minimum Gasteiger partial charge on any atom is -0.506 e. The highest BCUT2D eigenvalue weighted by Crippen LogP contribution is 2.10. The Morgan fingerprint density at radius 3 is 2.42 bits per heavy atom. The normalized spacial score (nSPS) is 10.1. The van der Waals surface area contributed by atoms with Crippen LogP contribution < -0.4 is 0 Å². The average Bonchev–Trinajstić information content (AvgIpc) is 2.39. The van der Waals surface area contributed by atoms with E-state index in [2.05, 4.69) is 4.98 Å². The van der Waals surface area contributed by atoms with Gasteiger partial charge in [-0.05, 0) is 19.9 Å². The molecule has 0 unspecified atom stereocenters. The molecule has 0 saturated heterocycles. The lowest BCUT2D eigenvalue weighted by Gasteiger charge is -2.23. The number of carbonyl (C=O) groups excluding carboxylic acids is 2. The summed E-state index contributed by atoms with van der Waals surface area (Å²) < 4.78 is 0. The molecular weight excluding hydrogens is 246 g/mol. The van der Waals surface area contributed by atoms with E-state index in [0.29, 0.717) is 13.1 Å². The lowest BCUT2D eigenvalue weighted by Crippen LogP contribution is -2.41. The van der Waals surface area contributed by atoms with Gasteiger partial charge in [-0.25, -0.2) is 0 Å². The summed E-state index contributed by atoms with van der Waals surface area (Å²) in [5.74, 6) is -0.521. The third-order valence-electron chi connectivity index (χ3n) is 2.81. The molecule has 0 aliphatic rings. The van der Waals surface area contributed by atoms with Gasteiger partial charge in [-0.2, -0.15) is 0 Å². The zero-order chi connectivity index (χ0) is 14.4. The molecule has 0 aliphatic carbocycles. The number of amides is 2. The van der Waals surface area contributed by atoms with Crippen LogP contribution in [0.2, 0.25) is 0 Å². The number of likely N-dealkylation sites (N-methyl/N-ethyl adjacent to an activating group) is 2. The minimum atomic E-state index is -0.344. The zero-order valence-corrected chi connectivity index (χ0v) is 11.5. The molecule has 1 aromatic rings. The van der Waals surface area contributed by atoms with Crippen molar-refractivity contribution in [1.29, 1.82) is 0 Å². The molecule has 0 atom stereocenters. The van der Waals surface area contributed by atoms with Crippen LogP contribution in [0.15, 0.2) is 18.5 Å². The van der Waals surface area contributed by atoms with E-state index >= 15 is 0 Å². The molecule has 2 amide bonds. The quantitative estimate of drug-likeness (QED) is 0.851. The van der Waals surface area contributed by atoms with Gasteiger partial charge < -0.3 is 14.9 Å². The highest BCUT2D eigenvalue weighted by atomic mass is 16.3. The van der Waals surface area contributed by atoms with Crippen LogP contribution in [0.3, 0.4) is 0 Å².